The van der Waals surface area contributed by atoms with Crippen LogP contribution in [0.15, 0.2) is 0 Å². The van der Waals surface area contributed by atoms with E-state index in [9.17, 15) is 25.2 Å². The van der Waals surface area contributed by atoms with Gasteiger partial charge < -0.3 is 25.2 Å². The molecule has 0 aromatic carbocycles. The minimum atomic E-state index is -0.375. The third-order valence-corrected chi connectivity index (χ3v) is 18.4. The first-order valence-electron chi connectivity index (χ1n) is 33.2. The Morgan fingerprint density at radius 3 is 1.05 bits per heavy atom. The molecule has 454 valence electrons. The van der Waals surface area contributed by atoms with E-state index in [0.717, 1.165) is 134 Å². The summed E-state index contributed by atoms with van der Waals surface area (Å²) in [4.78, 5) is 22.3. The standard InChI is InChI=1S/C64H130N4O6S2/c1-5-9-13-17-21-25-29-33-40-60(69)56-67(57-61(70)41-34-30-26-22-18-14-10-6-2)45-38-37-44-64(73)74-53-51-65-47-49-66(50-48-65)52-55-76-75-54-39-46-68(58-62(71)42-35-31-27-23-19-15-11-7-3)59-63(72)43-36-32-28-24-20-16-12-8-4/h60-63,69-72H,5-59H2,1-4H3. The highest BCUT2D eigenvalue weighted by Crippen LogP contribution is 2.23. The third kappa shape index (κ3) is 49.6. The molecule has 1 saturated heterocycles. The van der Waals surface area contributed by atoms with Crippen molar-refractivity contribution in [3.63, 3.8) is 0 Å². The molecule has 10 nitrogen and oxygen atoms in total. The van der Waals surface area contributed by atoms with Crippen molar-refractivity contribution in [1.82, 2.24) is 19.6 Å². The molecule has 0 amide bonds. The highest BCUT2D eigenvalue weighted by Gasteiger charge is 2.20. The zero-order valence-electron chi connectivity index (χ0n) is 50.9. The lowest BCUT2D eigenvalue weighted by Crippen LogP contribution is -2.47. The summed E-state index contributed by atoms with van der Waals surface area (Å²) < 4.78 is 5.71. The van der Waals surface area contributed by atoms with Crippen LogP contribution in [0.25, 0.3) is 0 Å². The lowest BCUT2D eigenvalue weighted by molar-refractivity contribution is -0.144. The number of rotatable bonds is 60. The van der Waals surface area contributed by atoms with Crippen molar-refractivity contribution in [3.8, 4) is 0 Å². The Bertz CT molecular complexity index is 1130. The van der Waals surface area contributed by atoms with E-state index < -0.39 is 0 Å². The summed E-state index contributed by atoms with van der Waals surface area (Å²) in [5, 5.41) is 44.0. The molecule has 0 bridgehead atoms. The lowest BCUT2D eigenvalue weighted by atomic mass is 10.0. The molecule has 4 N–H and O–H groups in total. The van der Waals surface area contributed by atoms with E-state index >= 15 is 0 Å². The summed E-state index contributed by atoms with van der Waals surface area (Å²) in [5.41, 5.74) is 0. The van der Waals surface area contributed by atoms with Crippen LogP contribution in [0.5, 0.6) is 0 Å². The van der Waals surface area contributed by atoms with Gasteiger partial charge in [0.1, 0.15) is 6.61 Å². The fourth-order valence-electron chi connectivity index (χ4n) is 11.0. The van der Waals surface area contributed by atoms with E-state index in [-0.39, 0.29) is 30.4 Å². The Kier molecular flexibility index (Phi) is 55.1. The van der Waals surface area contributed by atoms with Gasteiger partial charge in [-0.3, -0.25) is 24.4 Å². The number of carbonyl (C=O) groups excluding carboxylic acids is 1. The molecule has 1 rings (SSSR count). The molecule has 1 aliphatic rings. The van der Waals surface area contributed by atoms with Crippen LogP contribution in [0.4, 0.5) is 0 Å². The SMILES string of the molecule is CCCCCCCCCCC(O)CN(CCCCC(=O)OCCN1CCN(CCSSCCCN(CC(O)CCCCCCCCCC)CC(O)CCCCCCCCCC)CC1)CC(O)CCCCCCCCCC. The average Bonchev–Trinajstić information content (AvgIpc) is 3.40. The molecule has 1 aliphatic heterocycles. The summed E-state index contributed by atoms with van der Waals surface area (Å²) in [7, 11) is 3.94. The second kappa shape index (κ2) is 56.7. The summed E-state index contributed by atoms with van der Waals surface area (Å²) >= 11 is 0. The number of aliphatic hydroxyl groups excluding tert-OH is 4. The van der Waals surface area contributed by atoms with Crippen LogP contribution in [0.1, 0.15) is 285 Å². The van der Waals surface area contributed by atoms with Gasteiger partial charge in [0.2, 0.25) is 0 Å². The predicted molar refractivity (Wildman–Crippen MR) is 333 cm³/mol. The molecule has 0 radical (unpaired) electrons. The van der Waals surface area contributed by atoms with Gasteiger partial charge in [-0.05, 0) is 58.0 Å². The first-order valence-corrected chi connectivity index (χ1v) is 35.7. The lowest BCUT2D eigenvalue weighted by Gasteiger charge is -2.34. The number of hydrogen-bond donors (Lipinski definition) is 4. The minimum absolute atomic E-state index is 0.116. The highest BCUT2D eigenvalue weighted by atomic mass is 33.1. The number of carbonyl (C=O) groups is 1. The van der Waals surface area contributed by atoms with Crippen molar-refractivity contribution in [2.45, 2.75) is 309 Å². The molecule has 1 heterocycles. The van der Waals surface area contributed by atoms with Gasteiger partial charge in [0.25, 0.3) is 0 Å². The number of hydrogen-bond acceptors (Lipinski definition) is 12. The van der Waals surface area contributed by atoms with Gasteiger partial charge in [0.15, 0.2) is 0 Å². The average molecular weight is 1120 g/mol. The fraction of sp³-hybridized carbons (Fsp3) is 0.984. The van der Waals surface area contributed by atoms with Crippen LogP contribution in [0, 0.1) is 0 Å². The molecule has 0 aromatic rings. The second-order valence-electron chi connectivity index (χ2n) is 23.5. The molecule has 1 fully saturated rings. The van der Waals surface area contributed by atoms with Crippen molar-refractivity contribution >= 4 is 27.6 Å². The maximum atomic E-state index is 12.8. The largest absolute Gasteiger partial charge is 0.464 e. The number of piperazine rings is 1. The summed E-state index contributed by atoms with van der Waals surface area (Å²) in [6, 6.07) is 0. The van der Waals surface area contributed by atoms with Gasteiger partial charge in [-0.25, -0.2) is 0 Å². The van der Waals surface area contributed by atoms with Gasteiger partial charge in [-0.2, -0.15) is 0 Å². The van der Waals surface area contributed by atoms with Gasteiger partial charge in [-0.15, -0.1) is 0 Å². The fourth-order valence-corrected chi connectivity index (χ4v) is 13.1. The van der Waals surface area contributed by atoms with Crippen molar-refractivity contribution in [3.05, 3.63) is 0 Å². The smallest absolute Gasteiger partial charge is 0.305 e. The third-order valence-electron chi connectivity index (χ3n) is 16.0. The Labute approximate surface area is 480 Å². The molecular weight excluding hydrogens is 985 g/mol. The Hall–Kier alpha value is -0.150. The topological polar surface area (TPSA) is 120 Å². The summed E-state index contributed by atoms with van der Waals surface area (Å²) in [6.07, 6.45) is 45.8. The minimum Gasteiger partial charge on any atom is -0.464 e. The van der Waals surface area contributed by atoms with Crippen LogP contribution < -0.4 is 0 Å². The van der Waals surface area contributed by atoms with Crippen molar-refractivity contribution in [1.29, 1.82) is 0 Å². The van der Waals surface area contributed by atoms with E-state index in [1.54, 1.807) is 0 Å². The first-order chi connectivity index (χ1) is 37.2. The molecule has 4 unspecified atom stereocenters. The molecule has 0 spiro atoms. The second-order valence-corrected chi connectivity index (χ2v) is 26.2. The van der Waals surface area contributed by atoms with Gasteiger partial charge in [0.05, 0.1) is 24.4 Å². The van der Waals surface area contributed by atoms with Crippen molar-refractivity contribution in [2.75, 3.05) is 96.6 Å². The van der Waals surface area contributed by atoms with Gasteiger partial charge in [-0.1, -0.05) is 255 Å². The van der Waals surface area contributed by atoms with E-state index in [1.165, 1.54) is 180 Å². The van der Waals surface area contributed by atoms with E-state index in [4.69, 9.17) is 4.74 Å². The van der Waals surface area contributed by atoms with E-state index in [2.05, 4.69) is 47.3 Å². The molecule has 0 saturated carbocycles. The maximum absolute atomic E-state index is 12.8. The number of ether oxygens (including phenoxy) is 1. The van der Waals surface area contributed by atoms with Crippen LogP contribution in [0.3, 0.4) is 0 Å². The number of esters is 1. The molecule has 0 aromatic heterocycles. The van der Waals surface area contributed by atoms with Crippen molar-refractivity contribution < 1.29 is 30.0 Å². The molecule has 4 atom stereocenters. The monoisotopic (exact) mass is 1110 g/mol. The van der Waals surface area contributed by atoms with Crippen LogP contribution in [-0.2, 0) is 9.53 Å². The van der Waals surface area contributed by atoms with Crippen molar-refractivity contribution in [2.24, 2.45) is 0 Å². The summed E-state index contributed by atoms with van der Waals surface area (Å²) in [6.45, 7) is 19.8. The van der Waals surface area contributed by atoms with E-state index in [0.29, 0.717) is 39.2 Å². The molecule has 0 aliphatic carbocycles. The highest BCUT2D eigenvalue weighted by molar-refractivity contribution is 8.76. The predicted octanol–water partition coefficient (Wildman–Crippen LogP) is 15.3. The normalized spacial score (nSPS) is 15.3. The summed E-state index contributed by atoms with van der Waals surface area (Å²) in [5.74, 6) is 2.08. The number of nitrogens with zero attached hydrogens (tertiary/aromatic N) is 4. The molecule has 76 heavy (non-hydrogen) atoms. The zero-order valence-corrected chi connectivity index (χ0v) is 52.5. The quantitative estimate of drug-likeness (QED) is 0.0264. The Morgan fingerprint density at radius 2 is 0.697 bits per heavy atom. The number of unbranched alkanes of at least 4 members (excludes halogenated alkanes) is 29. The Balaban J connectivity index is 2.34. The zero-order chi connectivity index (χ0) is 55.2. The van der Waals surface area contributed by atoms with Crippen LogP contribution in [0.2, 0.25) is 0 Å². The number of aliphatic hydroxyl groups is 4. The van der Waals surface area contributed by atoms with Gasteiger partial charge in [0, 0.05) is 83.4 Å². The van der Waals surface area contributed by atoms with E-state index in [1.807, 2.05) is 21.6 Å². The maximum Gasteiger partial charge on any atom is 0.305 e. The Morgan fingerprint density at radius 1 is 0.395 bits per heavy atom. The molecular formula is C64H130N4O6S2. The van der Waals surface area contributed by atoms with Crippen LogP contribution in [-0.4, -0.2) is 167 Å². The first kappa shape index (κ1) is 73.9. The van der Waals surface area contributed by atoms with Gasteiger partial charge >= 0.3 is 5.97 Å². The molecule has 12 heteroatoms. The van der Waals surface area contributed by atoms with Crippen LogP contribution >= 0.6 is 21.6 Å².